The van der Waals surface area contributed by atoms with Crippen LogP contribution < -0.4 is 4.74 Å². The lowest BCUT2D eigenvalue weighted by Gasteiger charge is -2.11. The molecule has 0 amide bonds. The lowest BCUT2D eigenvalue weighted by atomic mass is 10.0. The van der Waals surface area contributed by atoms with Crippen LogP contribution in [0.25, 0.3) is 16.9 Å². The predicted molar refractivity (Wildman–Crippen MR) is 109 cm³/mol. The number of hydrogen-bond donors (Lipinski definition) is 0. The molecule has 2 aromatic heterocycles. The first-order chi connectivity index (χ1) is 15.0. The number of benzene rings is 1. The summed E-state index contributed by atoms with van der Waals surface area (Å²) in [6, 6.07) is 4.92. The van der Waals surface area contributed by atoms with E-state index in [9.17, 15) is 22.4 Å². The number of ether oxygens (including phenoxy) is 1. The van der Waals surface area contributed by atoms with Gasteiger partial charge in [-0.05, 0) is 36.5 Å². The van der Waals surface area contributed by atoms with Crippen molar-refractivity contribution in [3.8, 4) is 22.7 Å². The van der Waals surface area contributed by atoms with Crippen molar-refractivity contribution in [3.05, 3.63) is 46.9 Å². The Morgan fingerprint density at radius 3 is 2.66 bits per heavy atom. The molecule has 11 heteroatoms. The molecular weight excluding hydrogens is 452 g/mol. The number of hydrogen-bond acceptors (Lipinski definition) is 4. The average molecular weight is 471 g/mol. The fourth-order valence-corrected chi connectivity index (χ4v) is 3.66. The third kappa shape index (κ3) is 4.50. The number of Topliss-reactive ketones (excluding diaryl/α,β-unsaturated/α-hetero) is 1. The molecule has 2 heterocycles. The molecule has 170 valence electrons. The maximum atomic E-state index is 13.9. The van der Waals surface area contributed by atoms with Gasteiger partial charge in [-0.3, -0.25) is 4.79 Å². The van der Waals surface area contributed by atoms with E-state index in [-0.39, 0.29) is 11.6 Å². The van der Waals surface area contributed by atoms with Crippen molar-refractivity contribution < 1.29 is 27.1 Å². The number of carbonyl (C=O) groups excluding carboxylic acids is 1. The number of carbonyl (C=O) groups is 1. The summed E-state index contributed by atoms with van der Waals surface area (Å²) >= 11 is 6.21. The van der Waals surface area contributed by atoms with E-state index < -0.39 is 24.0 Å². The van der Waals surface area contributed by atoms with E-state index in [0.29, 0.717) is 41.0 Å². The van der Waals surface area contributed by atoms with Gasteiger partial charge in [0.15, 0.2) is 23.0 Å². The van der Waals surface area contributed by atoms with E-state index in [1.807, 2.05) is 0 Å². The first kappa shape index (κ1) is 22.3. The van der Waals surface area contributed by atoms with Gasteiger partial charge in [-0.2, -0.15) is 27.8 Å². The second kappa shape index (κ2) is 8.23. The van der Waals surface area contributed by atoms with Gasteiger partial charge in [0.1, 0.15) is 0 Å². The molecular formula is C21H19ClF4N4O2. The first-order valence-corrected chi connectivity index (χ1v) is 10.2. The zero-order valence-electron chi connectivity index (χ0n) is 17.2. The van der Waals surface area contributed by atoms with Crippen LogP contribution in [0.5, 0.6) is 5.75 Å². The summed E-state index contributed by atoms with van der Waals surface area (Å²) in [5.41, 5.74) is 0.598. The summed E-state index contributed by atoms with van der Waals surface area (Å²) in [4.78, 5) is 12.5. The van der Waals surface area contributed by atoms with E-state index in [1.54, 1.807) is 18.2 Å². The molecule has 0 unspecified atom stereocenters. The molecule has 4 rings (SSSR count). The zero-order chi connectivity index (χ0) is 23.2. The molecule has 6 nitrogen and oxygen atoms in total. The second-order valence-electron chi connectivity index (χ2n) is 7.83. The highest BCUT2D eigenvalue weighted by molar-refractivity contribution is 6.34. The Labute approximate surface area is 185 Å². The molecule has 0 spiro atoms. The topological polar surface area (TPSA) is 61.9 Å². The molecule has 3 aromatic rings. The highest BCUT2D eigenvalue weighted by Crippen LogP contribution is 2.39. The Kier molecular flexibility index (Phi) is 5.74. The number of ketones is 1. The van der Waals surface area contributed by atoms with Gasteiger partial charge in [-0.1, -0.05) is 17.7 Å². The average Bonchev–Trinajstić information content (AvgIpc) is 3.26. The van der Waals surface area contributed by atoms with Crippen molar-refractivity contribution in [2.45, 2.75) is 38.7 Å². The summed E-state index contributed by atoms with van der Waals surface area (Å²) in [6.45, 7) is -2.79. The van der Waals surface area contributed by atoms with Crippen LogP contribution in [0.3, 0.4) is 0 Å². The predicted octanol–water partition coefficient (Wildman–Crippen LogP) is 5.62. The number of nitrogens with zero attached hydrogens (tertiary/aromatic N) is 4. The smallest absolute Gasteiger partial charge is 0.387 e. The van der Waals surface area contributed by atoms with Crippen molar-refractivity contribution >= 4 is 17.4 Å². The van der Waals surface area contributed by atoms with Crippen molar-refractivity contribution in [2.24, 2.45) is 13.0 Å². The molecule has 0 aliphatic heterocycles. The Morgan fingerprint density at radius 2 is 2.03 bits per heavy atom. The lowest BCUT2D eigenvalue weighted by Crippen LogP contribution is -2.13. The number of aromatic nitrogens is 4. The number of aryl methyl sites for hydroxylation is 1. The number of alkyl halides is 4. The van der Waals surface area contributed by atoms with Gasteiger partial charge >= 0.3 is 6.61 Å². The van der Waals surface area contributed by atoms with Gasteiger partial charge < -0.3 is 4.74 Å². The Balaban J connectivity index is 1.72. The summed E-state index contributed by atoms with van der Waals surface area (Å²) in [5.74, 6) is -4.12. The van der Waals surface area contributed by atoms with Gasteiger partial charge in [0, 0.05) is 37.7 Å². The fraction of sp³-hybridized carbons (Fsp3) is 0.381. The fourth-order valence-electron chi connectivity index (χ4n) is 3.43. The molecule has 1 fully saturated rings. The second-order valence-corrected chi connectivity index (χ2v) is 8.24. The van der Waals surface area contributed by atoms with Crippen LogP contribution >= 0.6 is 11.6 Å². The van der Waals surface area contributed by atoms with Crippen LogP contribution in [0.15, 0.2) is 30.6 Å². The normalized spacial score (nSPS) is 14.2. The van der Waals surface area contributed by atoms with Crippen LogP contribution in [0.4, 0.5) is 17.6 Å². The maximum absolute atomic E-state index is 13.9. The van der Waals surface area contributed by atoms with Crippen LogP contribution in [0, 0.1) is 5.92 Å². The van der Waals surface area contributed by atoms with Crippen molar-refractivity contribution in [3.63, 3.8) is 0 Å². The van der Waals surface area contributed by atoms with Gasteiger partial charge in [0.2, 0.25) is 0 Å². The summed E-state index contributed by atoms with van der Waals surface area (Å²) in [6.07, 6.45) is 5.36. The molecule has 0 saturated heterocycles. The third-order valence-electron chi connectivity index (χ3n) is 5.17. The molecule has 0 N–H and O–H groups in total. The largest absolute Gasteiger partial charge is 0.428 e. The summed E-state index contributed by atoms with van der Waals surface area (Å²) in [7, 11) is 1.32. The third-order valence-corrected chi connectivity index (χ3v) is 5.50. The summed E-state index contributed by atoms with van der Waals surface area (Å²) in [5, 5.41) is 8.11. The molecule has 0 radical (unpaired) electrons. The monoisotopic (exact) mass is 470 g/mol. The van der Waals surface area contributed by atoms with Crippen LogP contribution in [-0.2, 0) is 13.0 Å². The zero-order valence-corrected chi connectivity index (χ0v) is 17.9. The summed E-state index contributed by atoms with van der Waals surface area (Å²) < 4.78 is 60.2. The minimum Gasteiger partial charge on any atom is -0.428 e. The Hall–Kier alpha value is -2.88. The van der Waals surface area contributed by atoms with Gasteiger partial charge in [-0.15, -0.1) is 0 Å². The van der Waals surface area contributed by atoms with Crippen LogP contribution in [-0.4, -0.2) is 32.0 Å². The molecule has 1 aliphatic carbocycles. The highest BCUT2D eigenvalue weighted by Gasteiger charge is 2.37. The van der Waals surface area contributed by atoms with Crippen LogP contribution in [0.1, 0.15) is 42.2 Å². The highest BCUT2D eigenvalue weighted by atomic mass is 35.5. The minimum atomic E-state index is -3.51. The van der Waals surface area contributed by atoms with Gasteiger partial charge in [0.05, 0.1) is 11.2 Å². The van der Waals surface area contributed by atoms with Crippen molar-refractivity contribution in [1.29, 1.82) is 0 Å². The minimum absolute atomic E-state index is 0.0548. The van der Waals surface area contributed by atoms with Crippen LogP contribution in [0.2, 0.25) is 5.02 Å². The lowest BCUT2D eigenvalue weighted by molar-refractivity contribution is -0.0565. The standard InChI is InChI=1S/C21H19ClF4N4O2/c1-21(25,26)18-17(32-20(23)24)19(29(2)28-18)30-10-13(9-27-30)12-5-6-15(22)14(8-12)16(31)7-11-3-4-11/h5-6,8-11,20H,3-4,7H2,1-2H3. The van der Waals surface area contributed by atoms with E-state index in [4.69, 9.17) is 11.6 Å². The van der Waals surface area contributed by atoms with Crippen molar-refractivity contribution in [1.82, 2.24) is 19.6 Å². The maximum Gasteiger partial charge on any atom is 0.387 e. The van der Waals surface area contributed by atoms with Gasteiger partial charge in [0.25, 0.3) is 5.92 Å². The quantitative estimate of drug-likeness (QED) is 0.316. The van der Waals surface area contributed by atoms with E-state index >= 15 is 0 Å². The van der Waals surface area contributed by atoms with E-state index in [0.717, 1.165) is 22.2 Å². The molecule has 0 bridgehead atoms. The molecule has 1 saturated carbocycles. The number of halogens is 5. The van der Waals surface area contributed by atoms with Crippen molar-refractivity contribution in [2.75, 3.05) is 0 Å². The number of rotatable bonds is 8. The molecule has 1 aromatic carbocycles. The van der Waals surface area contributed by atoms with E-state index in [2.05, 4.69) is 14.9 Å². The molecule has 32 heavy (non-hydrogen) atoms. The molecule has 1 aliphatic rings. The SMILES string of the molecule is Cn1nc(C(C)(F)F)c(OC(F)F)c1-n1cc(-c2ccc(Cl)c(C(=O)CC3CC3)c2)cn1. The van der Waals surface area contributed by atoms with E-state index in [1.165, 1.54) is 19.4 Å². The van der Waals surface area contributed by atoms with Gasteiger partial charge in [-0.25, -0.2) is 9.36 Å². The Morgan fingerprint density at radius 1 is 1.31 bits per heavy atom. The first-order valence-electron chi connectivity index (χ1n) is 9.83. The Bertz CT molecular complexity index is 1170. The molecule has 0 atom stereocenters.